The fraction of sp³-hybridized carbons (Fsp3) is 0.476. The van der Waals surface area contributed by atoms with E-state index in [1.807, 2.05) is 42.5 Å². The Hall–Kier alpha value is -4.70. The second kappa shape index (κ2) is 15.5. The first-order valence-electron chi connectivity index (χ1n) is 18.6. The summed E-state index contributed by atoms with van der Waals surface area (Å²) in [4.78, 5) is 56.7. The zero-order valence-electron chi connectivity index (χ0n) is 30.8. The highest BCUT2D eigenvalue weighted by molar-refractivity contribution is 5.91. The predicted molar refractivity (Wildman–Crippen MR) is 196 cm³/mol. The summed E-state index contributed by atoms with van der Waals surface area (Å²) in [6.45, 7) is 7.15. The third-order valence-corrected chi connectivity index (χ3v) is 11.0. The number of quaternary nitrogens is 1. The molecule has 3 aromatic rings. The van der Waals surface area contributed by atoms with Crippen LogP contribution in [0.5, 0.6) is 0 Å². The smallest absolute Gasteiger partial charge is 0.408 e. The van der Waals surface area contributed by atoms with Gasteiger partial charge in [0.2, 0.25) is 5.91 Å². The van der Waals surface area contributed by atoms with Crippen LogP contribution in [0, 0.1) is 0 Å². The molecule has 2 amide bonds. The van der Waals surface area contributed by atoms with Gasteiger partial charge in [-0.2, -0.15) is 0 Å². The van der Waals surface area contributed by atoms with Crippen molar-refractivity contribution in [3.63, 3.8) is 0 Å². The third kappa shape index (κ3) is 8.02. The van der Waals surface area contributed by atoms with Gasteiger partial charge < -0.3 is 28.9 Å². The van der Waals surface area contributed by atoms with Crippen molar-refractivity contribution < 1.29 is 37.9 Å². The number of amides is 2. The van der Waals surface area contributed by atoms with Crippen LogP contribution in [0.15, 0.2) is 91.0 Å². The Balaban J connectivity index is 1.24. The van der Waals surface area contributed by atoms with Crippen LogP contribution in [0.25, 0.3) is 0 Å². The number of hydrogen-bond acceptors (Lipinski definition) is 7. The topological polar surface area (TPSA) is 111 Å². The third-order valence-electron chi connectivity index (χ3n) is 11.0. The van der Waals surface area contributed by atoms with Crippen LogP contribution in [-0.4, -0.2) is 89.8 Å². The molecule has 0 saturated carbocycles. The molecule has 276 valence electrons. The molecule has 10 nitrogen and oxygen atoms in total. The van der Waals surface area contributed by atoms with E-state index < -0.39 is 47.7 Å². The van der Waals surface area contributed by atoms with Gasteiger partial charge in [0.05, 0.1) is 25.2 Å². The second-order valence-electron chi connectivity index (χ2n) is 15.6. The fourth-order valence-corrected chi connectivity index (χ4v) is 8.69. The molecule has 10 heteroatoms. The Morgan fingerprint density at radius 1 is 0.788 bits per heavy atom. The van der Waals surface area contributed by atoms with E-state index in [1.54, 1.807) is 69.3 Å². The summed E-state index contributed by atoms with van der Waals surface area (Å²) in [6.07, 6.45) is 5.50. The van der Waals surface area contributed by atoms with E-state index in [4.69, 9.17) is 14.2 Å². The molecule has 3 aromatic carbocycles. The summed E-state index contributed by atoms with van der Waals surface area (Å²) < 4.78 is 19.4. The van der Waals surface area contributed by atoms with Gasteiger partial charge in [-0.25, -0.2) is 9.59 Å². The van der Waals surface area contributed by atoms with Crippen LogP contribution in [0.2, 0.25) is 0 Å². The second-order valence-corrected chi connectivity index (χ2v) is 15.6. The lowest BCUT2D eigenvalue weighted by molar-refractivity contribution is -0.956. The van der Waals surface area contributed by atoms with Gasteiger partial charge >= 0.3 is 18.0 Å². The lowest BCUT2D eigenvalue weighted by Gasteiger charge is -2.47. The molecular formula is C42H52N3O7+. The first kappa shape index (κ1) is 37.1. The van der Waals surface area contributed by atoms with Crippen molar-refractivity contribution in [2.75, 3.05) is 26.7 Å². The van der Waals surface area contributed by atoms with E-state index in [0.717, 1.165) is 31.2 Å². The molecule has 3 aliphatic rings. The lowest BCUT2D eigenvalue weighted by atomic mass is 9.85. The molecule has 6 rings (SSSR count). The number of esters is 2. The number of nitrogens with zero attached hydrogens (tertiary/aromatic N) is 2. The van der Waals surface area contributed by atoms with Gasteiger partial charge in [0.25, 0.3) is 5.60 Å². The standard InChI is InChI=1S/C42H51N3O7/c1-41(2,3)52-40(49)43-36(26-30-16-8-5-9-17-30)38(47)44(4)29-37(46)51-42(31-18-10-6-11-19-31,32-20-12-7-13-21-32)39(48)50-35-27-33-22-23-34(28-35)45(33)24-14-15-25-45/h5-13,16-21,33-36H,14-15,22-29H2,1-4H3/p+1/t33?,34?,35?,36-/m0/s1. The minimum absolute atomic E-state index is 0.173. The van der Waals surface area contributed by atoms with E-state index in [-0.39, 0.29) is 12.5 Å². The molecular weight excluding hydrogens is 658 g/mol. The van der Waals surface area contributed by atoms with Gasteiger partial charge in [0.1, 0.15) is 24.3 Å². The minimum atomic E-state index is -1.92. The first-order valence-corrected chi connectivity index (χ1v) is 18.6. The quantitative estimate of drug-likeness (QED) is 0.150. The Morgan fingerprint density at radius 3 is 1.83 bits per heavy atom. The van der Waals surface area contributed by atoms with Crippen molar-refractivity contribution in [1.29, 1.82) is 0 Å². The number of benzene rings is 3. The summed E-state index contributed by atoms with van der Waals surface area (Å²) in [6, 6.07) is 27.1. The van der Waals surface area contributed by atoms with Crippen molar-refractivity contribution in [2.24, 2.45) is 0 Å². The summed E-state index contributed by atoms with van der Waals surface area (Å²) >= 11 is 0. The number of nitrogens with one attached hydrogen (secondary N) is 1. The number of hydrogen-bond donors (Lipinski definition) is 1. The number of likely N-dealkylation sites (N-methyl/N-ethyl adjacent to an activating group) is 1. The summed E-state index contributed by atoms with van der Waals surface area (Å²) in [5.74, 6) is -1.97. The van der Waals surface area contributed by atoms with Crippen LogP contribution in [0.3, 0.4) is 0 Å². The van der Waals surface area contributed by atoms with Gasteiger partial charge in [-0.1, -0.05) is 91.0 Å². The van der Waals surface area contributed by atoms with Crippen molar-refractivity contribution in [1.82, 2.24) is 10.2 Å². The Morgan fingerprint density at radius 2 is 1.31 bits per heavy atom. The molecule has 3 heterocycles. The predicted octanol–water partition coefficient (Wildman–Crippen LogP) is 5.92. The maximum absolute atomic E-state index is 14.7. The van der Waals surface area contributed by atoms with Crippen molar-refractivity contribution in [3.05, 3.63) is 108 Å². The van der Waals surface area contributed by atoms with Crippen molar-refractivity contribution in [2.45, 2.75) is 101 Å². The molecule has 3 atom stereocenters. The fourth-order valence-electron chi connectivity index (χ4n) is 8.69. The van der Waals surface area contributed by atoms with E-state index >= 15 is 0 Å². The van der Waals surface area contributed by atoms with Crippen molar-refractivity contribution >= 4 is 23.9 Å². The maximum Gasteiger partial charge on any atom is 0.408 e. The number of carbonyl (C=O) groups is 4. The molecule has 1 N–H and O–H groups in total. The molecule has 0 aromatic heterocycles. The van der Waals surface area contributed by atoms with E-state index in [0.29, 0.717) is 23.2 Å². The summed E-state index contributed by atoms with van der Waals surface area (Å²) in [5, 5.41) is 2.69. The largest absolute Gasteiger partial charge is 0.458 e. The number of piperidine rings is 1. The lowest BCUT2D eigenvalue weighted by Crippen LogP contribution is -2.60. The monoisotopic (exact) mass is 710 g/mol. The van der Waals surface area contributed by atoms with Crippen LogP contribution in [-0.2, 0) is 40.6 Å². The molecule has 2 unspecified atom stereocenters. The highest BCUT2D eigenvalue weighted by Crippen LogP contribution is 2.47. The van der Waals surface area contributed by atoms with Crippen LogP contribution in [0.4, 0.5) is 4.79 Å². The Bertz CT molecular complexity index is 1650. The Kier molecular flexibility index (Phi) is 11.0. The minimum Gasteiger partial charge on any atom is -0.458 e. The van der Waals surface area contributed by atoms with Crippen LogP contribution < -0.4 is 5.32 Å². The average Bonchev–Trinajstić information content (AvgIpc) is 3.66. The average molecular weight is 711 g/mol. The zero-order valence-corrected chi connectivity index (χ0v) is 30.8. The van der Waals surface area contributed by atoms with Gasteiger partial charge in [-0.05, 0) is 26.3 Å². The summed E-state index contributed by atoms with van der Waals surface area (Å²) in [7, 11) is 1.47. The molecule has 3 aliphatic heterocycles. The Labute approximate surface area is 307 Å². The maximum atomic E-state index is 14.7. The molecule has 3 saturated heterocycles. The van der Waals surface area contributed by atoms with Crippen LogP contribution in [0.1, 0.15) is 76.0 Å². The van der Waals surface area contributed by atoms with Gasteiger partial charge in [0, 0.05) is 63.1 Å². The molecule has 1 spiro atoms. The highest BCUT2D eigenvalue weighted by atomic mass is 16.6. The molecule has 52 heavy (non-hydrogen) atoms. The number of carbonyl (C=O) groups excluding carboxylic acids is 4. The highest BCUT2D eigenvalue weighted by Gasteiger charge is 2.57. The first-order chi connectivity index (χ1) is 24.9. The van der Waals surface area contributed by atoms with Crippen LogP contribution >= 0.6 is 0 Å². The number of rotatable bonds is 11. The SMILES string of the molecule is CN(CC(=O)OC(C(=O)OC1CC2CCC(C1)[N+]21CCCC1)(c1ccccc1)c1ccccc1)C(=O)[C@H](Cc1ccccc1)NC(=O)OC(C)(C)C. The molecule has 0 radical (unpaired) electrons. The van der Waals surface area contributed by atoms with Gasteiger partial charge in [-0.15, -0.1) is 0 Å². The normalized spacial score (nSPS) is 21.2. The molecule has 3 fully saturated rings. The van der Waals surface area contributed by atoms with Crippen molar-refractivity contribution in [3.8, 4) is 0 Å². The van der Waals surface area contributed by atoms with Gasteiger partial charge in [0.15, 0.2) is 0 Å². The number of alkyl carbamates (subject to hydrolysis) is 1. The van der Waals surface area contributed by atoms with E-state index in [9.17, 15) is 19.2 Å². The zero-order chi connectivity index (χ0) is 36.9. The molecule has 0 aliphatic carbocycles. The summed E-state index contributed by atoms with van der Waals surface area (Å²) in [5.41, 5.74) is -0.983. The van der Waals surface area contributed by atoms with Gasteiger partial charge in [-0.3, -0.25) is 9.59 Å². The molecule has 2 bridgehead atoms. The van der Waals surface area contributed by atoms with E-state index in [1.165, 1.54) is 42.4 Å². The number of ether oxygens (including phenoxy) is 3. The van der Waals surface area contributed by atoms with E-state index in [2.05, 4.69) is 5.32 Å².